The highest BCUT2D eigenvalue weighted by molar-refractivity contribution is 5.92. The SMILES string of the molecule is O=C(C12CC3CC(CC(C3)C1)C2)C(F)(F)C(F)(F)C(F)(F)C(F)(F)F. The topological polar surface area (TPSA) is 17.1 Å². The Bertz CT molecular complexity index is 543. The summed E-state index contributed by atoms with van der Waals surface area (Å²) in [6, 6.07) is 0. The van der Waals surface area contributed by atoms with Crippen molar-refractivity contribution in [1.82, 2.24) is 0 Å². The molecule has 10 heteroatoms. The molecule has 144 valence electrons. The van der Waals surface area contributed by atoms with E-state index in [2.05, 4.69) is 0 Å². The van der Waals surface area contributed by atoms with Gasteiger partial charge in [-0.05, 0) is 56.3 Å². The van der Waals surface area contributed by atoms with E-state index in [0.717, 1.165) is 0 Å². The zero-order chi connectivity index (χ0) is 19.1. The van der Waals surface area contributed by atoms with Gasteiger partial charge in [0.25, 0.3) is 0 Å². The lowest BCUT2D eigenvalue weighted by Gasteiger charge is -2.56. The van der Waals surface area contributed by atoms with Gasteiger partial charge in [-0.1, -0.05) is 0 Å². The van der Waals surface area contributed by atoms with Crippen LogP contribution < -0.4 is 0 Å². The first kappa shape index (κ1) is 18.8. The highest BCUT2D eigenvalue weighted by atomic mass is 19.4. The van der Waals surface area contributed by atoms with E-state index in [1.165, 1.54) is 0 Å². The summed E-state index contributed by atoms with van der Waals surface area (Å²) in [6.07, 6.45) is -5.42. The van der Waals surface area contributed by atoms with Crippen molar-refractivity contribution >= 4 is 5.78 Å². The molecule has 4 saturated carbocycles. The second-order valence-electron chi connectivity index (χ2n) is 7.75. The smallest absolute Gasteiger partial charge is 0.292 e. The van der Waals surface area contributed by atoms with E-state index in [9.17, 15) is 44.3 Å². The van der Waals surface area contributed by atoms with Crippen LogP contribution in [0, 0.1) is 23.2 Å². The molecule has 25 heavy (non-hydrogen) atoms. The Kier molecular flexibility index (Phi) is 3.81. The summed E-state index contributed by atoms with van der Waals surface area (Å²) in [6.45, 7) is 0. The zero-order valence-electron chi connectivity index (χ0n) is 12.8. The predicted molar refractivity (Wildman–Crippen MR) is 66.5 cm³/mol. The van der Waals surface area contributed by atoms with Gasteiger partial charge in [0.05, 0.1) is 0 Å². The lowest BCUT2D eigenvalue weighted by molar-refractivity contribution is -0.389. The minimum Gasteiger partial charge on any atom is -0.292 e. The molecule has 4 aliphatic carbocycles. The van der Waals surface area contributed by atoms with Crippen LogP contribution in [-0.2, 0) is 4.79 Å². The third kappa shape index (κ3) is 2.41. The summed E-state index contributed by atoms with van der Waals surface area (Å²) in [4.78, 5) is 12.2. The normalized spacial score (nSPS) is 36.0. The number of hydrogen-bond donors (Lipinski definition) is 0. The van der Waals surface area contributed by atoms with Gasteiger partial charge in [-0.3, -0.25) is 4.79 Å². The Balaban J connectivity index is 1.96. The molecule has 0 heterocycles. The van der Waals surface area contributed by atoms with Crippen molar-refractivity contribution in [2.45, 2.75) is 62.5 Å². The molecule has 0 radical (unpaired) electrons. The standard InChI is InChI=1S/C15H15F9O/c16-12(17,13(18,19)14(20,21)15(22,23)24)10(25)11-4-7-1-8(5-11)3-9(2-7)6-11/h7-9H,1-6H2. The Labute approximate surface area is 136 Å². The summed E-state index contributed by atoms with van der Waals surface area (Å²) in [7, 11) is 0. The van der Waals surface area contributed by atoms with Crippen molar-refractivity contribution in [3.05, 3.63) is 0 Å². The van der Waals surface area contributed by atoms with Crippen LogP contribution in [0.25, 0.3) is 0 Å². The number of carbonyl (C=O) groups is 1. The molecule has 4 fully saturated rings. The molecule has 0 aliphatic heterocycles. The Morgan fingerprint density at radius 1 is 0.680 bits per heavy atom. The first-order valence-corrected chi connectivity index (χ1v) is 7.89. The van der Waals surface area contributed by atoms with Crippen LogP contribution in [0.15, 0.2) is 0 Å². The lowest BCUT2D eigenvalue weighted by Crippen LogP contribution is -2.67. The molecule has 1 nitrogen and oxygen atoms in total. The summed E-state index contributed by atoms with van der Waals surface area (Å²) < 4.78 is 118. The van der Waals surface area contributed by atoms with Crippen molar-refractivity contribution < 1.29 is 44.3 Å². The third-order valence-electron chi connectivity index (χ3n) is 5.95. The van der Waals surface area contributed by atoms with E-state index >= 15 is 0 Å². The van der Waals surface area contributed by atoms with Gasteiger partial charge < -0.3 is 0 Å². The van der Waals surface area contributed by atoms with Crippen LogP contribution in [0.4, 0.5) is 39.5 Å². The van der Waals surface area contributed by atoms with Crippen LogP contribution in [-0.4, -0.2) is 29.7 Å². The summed E-state index contributed by atoms with van der Waals surface area (Å²) in [5, 5.41) is 0. The second kappa shape index (κ2) is 5.06. The van der Waals surface area contributed by atoms with Gasteiger partial charge in [-0.25, -0.2) is 0 Å². The van der Waals surface area contributed by atoms with E-state index in [0.29, 0.717) is 19.3 Å². The average molecular weight is 382 g/mol. The predicted octanol–water partition coefficient (Wildman–Crippen LogP) is 5.24. The van der Waals surface area contributed by atoms with Gasteiger partial charge in [-0.15, -0.1) is 0 Å². The van der Waals surface area contributed by atoms with Crippen molar-refractivity contribution in [3.8, 4) is 0 Å². The van der Waals surface area contributed by atoms with Crippen LogP contribution >= 0.6 is 0 Å². The average Bonchev–Trinajstić information content (AvgIpc) is 2.43. The molecule has 0 N–H and O–H groups in total. The Hall–Kier alpha value is -0.960. The zero-order valence-corrected chi connectivity index (χ0v) is 12.8. The van der Waals surface area contributed by atoms with E-state index in [4.69, 9.17) is 0 Å². The van der Waals surface area contributed by atoms with Crippen LogP contribution in [0.1, 0.15) is 38.5 Å². The van der Waals surface area contributed by atoms with Crippen molar-refractivity contribution in [2.75, 3.05) is 0 Å². The van der Waals surface area contributed by atoms with Crippen LogP contribution in [0.5, 0.6) is 0 Å². The van der Waals surface area contributed by atoms with E-state index in [1.54, 1.807) is 0 Å². The van der Waals surface area contributed by atoms with Gasteiger partial charge in [0.1, 0.15) is 0 Å². The van der Waals surface area contributed by atoms with Gasteiger partial charge in [0.2, 0.25) is 5.78 Å². The Morgan fingerprint density at radius 2 is 1.04 bits per heavy atom. The highest BCUT2D eigenvalue weighted by Gasteiger charge is 2.84. The first-order valence-electron chi connectivity index (χ1n) is 7.89. The first-order chi connectivity index (χ1) is 11.1. The molecule has 0 aromatic carbocycles. The quantitative estimate of drug-likeness (QED) is 0.608. The maximum absolute atomic E-state index is 14.1. The highest BCUT2D eigenvalue weighted by Crippen LogP contribution is 2.63. The molecule has 4 bridgehead atoms. The summed E-state index contributed by atoms with van der Waals surface area (Å²) >= 11 is 0. The van der Waals surface area contributed by atoms with Gasteiger partial charge in [0.15, 0.2) is 0 Å². The Morgan fingerprint density at radius 3 is 1.36 bits per heavy atom. The molecule has 0 atom stereocenters. The van der Waals surface area contributed by atoms with Gasteiger partial charge in [-0.2, -0.15) is 39.5 Å². The number of ketones is 1. The maximum atomic E-state index is 14.1. The molecular weight excluding hydrogens is 367 g/mol. The van der Waals surface area contributed by atoms with Gasteiger partial charge in [0, 0.05) is 5.41 Å². The van der Waals surface area contributed by atoms with E-state index in [-0.39, 0.29) is 37.0 Å². The van der Waals surface area contributed by atoms with E-state index < -0.39 is 35.1 Å². The van der Waals surface area contributed by atoms with Gasteiger partial charge >= 0.3 is 23.9 Å². The number of alkyl halides is 9. The summed E-state index contributed by atoms with van der Waals surface area (Å²) in [5.74, 6) is -22.9. The number of halogens is 9. The fourth-order valence-electron chi connectivity index (χ4n) is 5.24. The second-order valence-corrected chi connectivity index (χ2v) is 7.75. The molecule has 0 spiro atoms. The van der Waals surface area contributed by atoms with Crippen molar-refractivity contribution in [2.24, 2.45) is 23.2 Å². The fourth-order valence-corrected chi connectivity index (χ4v) is 5.24. The minimum absolute atomic E-state index is 0.150. The molecular formula is C15H15F9O. The molecule has 4 rings (SSSR count). The van der Waals surface area contributed by atoms with E-state index in [1.807, 2.05) is 0 Å². The number of rotatable bonds is 4. The summed E-state index contributed by atoms with van der Waals surface area (Å²) in [5.41, 5.74) is -1.93. The maximum Gasteiger partial charge on any atom is 0.460 e. The fraction of sp³-hybridized carbons (Fsp3) is 0.933. The number of carbonyl (C=O) groups excluding carboxylic acids is 1. The monoisotopic (exact) mass is 382 g/mol. The lowest BCUT2D eigenvalue weighted by atomic mass is 9.48. The number of hydrogen-bond acceptors (Lipinski definition) is 1. The molecule has 4 aliphatic rings. The third-order valence-corrected chi connectivity index (χ3v) is 5.95. The molecule has 0 amide bonds. The molecule has 0 aromatic heterocycles. The molecule has 0 aromatic rings. The molecule has 0 unspecified atom stereocenters. The molecule has 0 saturated heterocycles. The van der Waals surface area contributed by atoms with Crippen LogP contribution in [0.2, 0.25) is 0 Å². The largest absolute Gasteiger partial charge is 0.460 e. The minimum atomic E-state index is -7.01. The van der Waals surface area contributed by atoms with Crippen molar-refractivity contribution in [1.29, 1.82) is 0 Å². The number of Topliss-reactive ketones (excluding diaryl/α,β-unsaturated/α-hetero) is 1. The van der Waals surface area contributed by atoms with Crippen LogP contribution in [0.3, 0.4) is 0 Å². The van der Waals surface area contributed by atoms with Crippen molar-refractivity contribution in [3.63, 3.8) is 0 Å².